The Morgan fingerprint density at radius 3 is 2.33 bits per heavy atom. The van der Waals surface area contributed by atoms with Gasteiger partial charge in [-0.15, -0.1) is 0 Å². The third kappa shape index (κ3) is 4.01. The summed E-state index contributed by atoms with van der Waals surface area (Å²) in [7, 11) is 0. The molecule has 8 heteroatoms. The molecule has 1 amide bonds. The molecular weight excluding hydrogens is 402 g/mol. The molecule has 1 aromatic carbocycles. The molecule has 1 heterocycles. The molecule has 164 valence electrons. The first-order chi connectivity index (χ1) is 13.9. The molecule has 1 aliphatic carbocycles. The highest BCUT2D eigenvalue weighted by atomic mass is 19.3. The molecule has 1 saturated heterocycles. The van der Waals surface area contributed by atoms with E-state index in [2.05, 4.69) is 0 Å². The second kappa shape index (κ2) is 8.12. The van der Waals surface area contributed by atoms with Crippen molar-refractivity contribution in [2.45, 2.75) is 58.3 Å². The summed E-state index contributed by atoms with van der Waals surface area (Å²) in [4.78, 5) is 38.2. The lowest BCUT2D eigenvalue weighted by Crippen LogP contribution is -2.46. The van der Waals surface area contributed by atoms with Crippen molar-refractivity contribution in [3.8, 4) is 0 Å². The van der Waals surface area contributed by atoms with Crippen molar-refractivity contribution in [2.24, 2.45) is 11.8 Å². The summed E-state index contributed by atoms with van der Waals surface area (Å²) in [5.41, 5.74) is 3.54. The molecule has 30 heavy (non-hydrogen) atoms. The Morgan fingerprint density at radius 1 is 1.17 bits per heavy atom. The SMILES string of the molecule is Cc1cc(C)c(C2C(=O)CC(CC3CCN(C(=O)C(F)(F)C(F)F)C3)C2=O)c(C)c1. The smallest absolute Gasteiger partial charge is 0.337 e. The van der Waals surface area contributed by atoms with Crippen LogP contribution in [0.25, 0.3) is 0 Å². The first-order valence-electron chi connectivity index (χ1n) is 10.0. The molecule has 4 nitrogen and oxygen atoms in total. The number of carbonyl (C=O) groups is 3. The van der Waals surface area contributed by atoms with Crippen molar-refractivity contribution >= 4 is 17.5 Å². The Balaban J connectivity index is 1.69. The van der Waals surface area contributed by atoms with Gasteiger partial charge in [0.2, 0.25) is 0 Å². The van der Waals surface area contributed by atoms with Crippen LogP contribution >= 0.6 is 0 Å². The maximum Gasteiger partial charge on any atom is 0.383 e. The molecule has 1 aliphatic heterocycles. The van der Waals surface area contributed by atoms with Crippen LogP contribution in [0.3, 0.4) is 0 Å². The van der Waals surface area contributed by atoms with Crippen LogP contribution in [0.1, 0.15) is 47.4 Å². The van der Waals surface area contributed by atoms with Crippen molar-refractivity contribution in [1.82, 2.24) is 4.90 Å². The molecule has 1 saturated carbocycles. The van der Waals surface area contributed by atoms with Crippen LogP contribution in [-0.4, -0.2) is 47.8 Å². The van der Waals surface area contributed by atoms with Gasteiger partial charge >= 0.3 is 12.3 Å². The summed E-state index contributed by atoms with van der Waals surface area (Å²) in [6.07, 6.45) is -3.35. The van der Waals surface area contributed by atoms with E-state index in [0.29, 0.717) is 6.42 Å². The van der Waals surface area contributed by atoms with Gasteiger partial charge in [-0.1, -0.05) is 17.7 Å². The fourth-order valence-electron chi connectivity index (χ4n) is 4.92. The average Bonchev–Trinajstić information content (AvgIpc) is 3.20. The highest BCUT2D eigenvalue weighted by Crippen LogP contribution is 2.40. The van der Waals surface area contributed by atoms with E-state index in [-0.39, 0.29) is 43.4 Å². The minimum absolute atomic E-state index is 0.0553. The van der Waals surface area contributed by atoms with Gasteiger partial charge in [0.1, 0.15) is 11.7 Å². The van der Waals surface area contributed by atoms with Gasteiger partial charge in [0, 0.05) is 25.4 Å². The van der Waals surface area contributed by atoms with Gasteiger partial charge in [0.05, 0.1) is 0 Å². The quantitative estimate of drug-likeness (QED) is 0.527. The number of hydrogen-bond acceptors (Lipinski definition) is 3. The topological polar surface area (TPSA) is 54.5 Å². The van der Waals surface area contributed by atoms with Crippen LogP contribution in [0.15, 0.2) is 12.1 Å². The Kier molecular flexibility index (Phi) is 6.07. The molecule has 0 aromatic heterocycles. The number of hydrogen-bond donors (Lipinski definition) is 0. The van der Waals surface area contributed by atoms with Crippen molar-refractivity contribution < 1.29 is 31.9 Å². The Hall–Kier alpha value is -2.25. The molecule has 2 fully saturated rings. The minimum atomic E-state index is -4.71. The normalized spacial score (nSPS) is 24.9. The first-order valence-corrected chi connectivity index (χ1v) is 10.0. The van der Waals surface area contributed by atoms with Crippen LogP contribution in [0.5, 0.6) is 0 Å². The minimum Gasteiger partial charge on any atom is -0.337 e. The van der Waals surface area contributed by atoms with E-state index in [1.54, 1.807) is 0 Å². The van der Waals surface area contributed by atoms with E-state index in [0.717, 1.165) is 27.2 Å². The predicted molar refractivity (Wildman–Crippen MR) is 102 cm³/mol. The Bertz CT molecular complexity index is 860. The van der Waals surface area contributed by atoms with Gasteiger partial charge in [-0.3, -0.25) is 14.4 Å². The molecule has 3 rings (SSSR count). The molecule has 3 unspecified atom stereocenters. The number of aryl methyl sites for hydroxylation is 3. The number of carbonyl (C=O) groups excluding carboxylic acids is 3. The molecule has 0 bridgehead atoms. The van der Waals surface area contributed by atoms with Crippen molar-refractivity contribution in [3.63, 3.8) is 0 Å². The highest BCUT2D eigenvalue weighted by Gasteiger charge is 2.52. The maximum atomic E-state index is 13.3. The van der Waals surface area contributed by atoms with Crippen molar-refractivity contribution in [2.75, 3.05) is 13.1 Å². The van der Waals surface area contributed by atoms with E-state index in [4.69, 9.17) is 0 Å². The Labute approximate surface area is 172 Å². The molecule has 2 aliphatic rings. The van der Waals surface area contributed by atoms with Gasteiger partial charge in [0.25, 0.3) is 5.91 Å². The van der Waals surface area contributed by atoms with E-state index in [1.165, 1.54) is 0 Å². The summed E-state index contributed by atoms with van der Waals surface area (Å²) in [5, 5.41) is 0. The summed E-state index contributed by atoms with van der Waals surface area (Å²) in [5.74, 6) is -8.57. The largest absolute Gasteiger partial charge is 0.383 e. The number of nitrogens with zero attached hydrogens (tertiary/aromatic N) is 1. The third-order valence-electron chi connectivity index (χ3n) is 6.23. The lowest BCUT2D eigenvalue weighted by Gasteiger charge is -2.23. The average molecular weight is 427 g/mol. The van der Waals surface area contributed by atoms with Crippen molar-refractivity contribution in [1.29, 1.82) is 0 Å². The number of likely N-dealkylation sites (tertiary alicyclic amines) is 1. The Morgan fingerprint density at radius 2 is 1.77 bits per heavy atom. The molecule has 0 spiro atoms. The lowest BCUT2D eigenvalue weighted by atomic mass is 9.85. The zero-order valence-electron chi connectivity index (χ0n) is 17.2. The van der Waals surface area contributed by atoms with E-state index < -0.39 is 30.1 Å². The second-order valence-corrected chi connectivity index (χ2v) is 8.58. The lowest BCUT2D eigenvalue weighted by molar-refractivity contribution is -0.179. The fourth-order valence-corrected chi connectivity index (χ4v) is 4.92. The van der Waals surface area contributed by atoms with Gasteiger partial charge < -0.3 is 4.90 Å². The number of alkyl halides is 4. The number of Topliss-reactive ketones (excluding diaryl/α,β-unsaturated/α-hetero) is 2. The zero-order valence-corrected chi connectivity index (χ0v) is 17.2. The standard InChI is InChI=1S/C22H25F4NO3/c1-11-6-12(2)17(13(3)7-11)18-16(28)9-15(19(18)29)8-14-4-5-27(10-14)21(30)22(25,26)20(23)24/h6-7,14-15,18,20H,4-5,8-10H2,1-3H3. The van der Waals surface area contributed by atoms with Crippen LogP contribution in [0.2, 0.25) is 0 Å². The van der Waals surface area contributed by atoms with E-state index >= 15 is 0 Å². The third-order valence-corrected chi connectivity index (χ3v) is 6.23. The summed E-state index contributed by atoms with van der Waals surface area (Å²) >= 11 is 0. The van der Waals surface area contributed by atoms with Gasteiger partial charge in [-0.05, 0) is 56.2 Å². The van der Waals surface area contributed by atoms with Crippen LogP contribution in [-0.2, 0) is 14.4 Å². The molecule has 3 atom stereocenters. The summed E-state index contributed by atoms with van der Waals surface area (Å²) < 4.78 is 51.6. The first kappa shape index (κ1) is 22.4. The molecule has 0 N–H and O–H groups in total. The molecular formula is C22H25F4NO3. The summed E-state index contributed by atoms with van der Waals surface area (Å²) in [6.45, 7) is 5.52. The van der Waals surface area contributed by atoms with Crippen LogP contribution in [0.4, 0.5) is 17.6 Å². The summed E-state index contributed by atoms with van der Waals surface area (Å²) in [6, 6.07) is 3.86. The van der Waals surface area contributed by atoms with Gasteiger partial charge in [0.15, 0.2) is 5.78 Å². The predicted octanol–water partition coefficient (Wildman–Crippen LogP) is 3.99. The number of ketones is 2. The maximum absolute atomic E-state index is 13.3. The number of benzene rings is 1. The van der Waals surface area contributed by atoms with Gasteiger partial charge in [-0.2, -0.15) is 8.78 Å². The second-order valence-electron chi connectivity index (χ2n) is 8.58. The van der Waals surface area contributed by atoms with Crippen LogP contribution in [0, 0.1) is 32.6 Å². The number of halogens is 4. The van der Waals surface area contributed by atoms with E-state index in [1.807, 2.05) is 32.9 Å². The highest BCUT2D eigenvalue weighted by molar-refractivity contribution is 6.15. The van der Waals surface area contributed by atoms with Crippen LogP contribution < -0.4 is 0 Å². The molecule has 1 aromatic rings. The van der Waals surface area contributed by atoms with E-state index in [9.17, 15) is 31.9 Å². The fraction of sp³-hybridized carbons (Fsp3) is 0.591. The van der Waals surface area contributed by atoms with Gasteiger partial charge in [-0.25, -0.2) is 8.78 Å². The monoisotopic (exact) mass is 427 g/mol. The zero-order chi connectivity index (χ0) is 22.4. The van der Waals surface area contributed by atoms with Crippen molar-refractivity contribution in [3.05, 3.63) is 34.4 Å². The molecule has 0 radical (unpaired) electrons. The number of amides is 1. The number of rotatable bonds is 5.